The molecule has 0 atom stereocenters. The zero-order valence-electron chi connectivity index (χ0n) is 4.17. The monoisotopic (exact) mass is 99.1 g/mol. The van der Waals surface area contributed by atoms with Crippen molar-refractivity contribution in [2.45, 2.75) is 0 Å². The molecule has 40 valence electrons. The van der Waals surface area contributed by atoms with E-state index >= 15 is 0 Å². The molecule has 0 aromatic heterocycles. The van der Waals surface area contributed by atoms with Gasteiger partial charge in [0.15, 0.2) is 0 Å². The highest BCUT2D eigenvalue weighted by Gasteiger charge is 2.13. The first-order chi connectivity index (χ1) is 3.43. The zero-order chi connectivity index (χ0) is 5.11. The highest BCUT2D eigenvalue weighted by molar-refractivity contribution is 4.83. The topological polar surface area (TPSA) is 23.2 Å². The molecule has 0 amide bonds. The third-order valence-electron chi connectivity index (χ3n) is 1.01. The van der Waals surface area contributed by atoms with E-state index in [-0.39, 0.29) is 0 Å². The van der Waals surface area contributed by atoms with Gasteiger partial charge in [0.1, 0.15) is 0 Å². The molecule has 7 heavy (non-hydrogen) atoms. The number of rotatable bonds is 2. The lowest BCUT2D eigenvalue weighted by molar-refractivity contribution is 0.467. The van der Waals surface area contributed by atoms with Crippen molar-refractivity contribution < 1.29 is 5.11 Å². The van der Waals surface area contributed by atoms with Crippen LogP contribution in [0.4, 0.5) is 0 Å². The molecule has 0 aliphatic carbocycles. The van der Waals surface area contributed by atoms with E-state index in [0.717, 1.165) is 12.8 Å². The molecule has 2 nitrogen and oxygen atoms in total. The summed E-state index contributed by atoms with van der Waals surface area (Å²) in [5.41, 5.74) is 0. The second kappa shape index (κ2) is 1.98. The summed E-state index contributed by atoms with van der Waals surface area (Å²) in [5.74, 6) is 0. The van der Waals surface area contributed by atoms with Gasteiger partial charge in [-0.25, -0.2) is 0 Å². The number of nitrogens with zero attached hydrogens (tertiary/aromatic N) is 1. The second-order valence-electron chi connectivity index (χ2n) is 1.69. The first-order valence-corrected chi connectivity index (χ1v) is 2.45. The summed E-state index contributed by atoms with van der Waals surface area (Å²) in [6.07, 6.45) is 2.84. The van der Waals surface area contributed by atoms with E-state index < -0.39 is 0 Å². The van der Waals surface area contributed by atoms with E-state index in [9.17, 15) is 0 Å². The molecular weight excluding hydrogens is 90.1 g/mol. The summed E-state index contributed by atoms with van der Waals surface area (Å²) in [4.78, 5) is 2.22. The Hall–Kier alpha value is -0.500. The molecule has 0 bridgehead atoms. The van der Waals surface area contributed by atoms with Crippen molar-refractivity contribution in [1.29, 1.82) is 0 Å². The van der Waals surface area contributed by atoms with Crippen LogP contribution in [0.1, 0.15) is 0 Å². The standard InChI is InChI=1S/C5H9NO/c7-5-1-2-6-3-4-6/h1,5,7H,2-4H2. The first kappa shape index (κ1) is 4.65. The number of hydrogen-bond acceptors (Lipinski definition) is 2. The quantitative estimate of drug-likeness (QED) is 0.399. The van der Waals surface area contributed by atoms with Gasteiger partial charge in [0.25, 0.3) is 0 Å². The summed E-state index contributed by atoms with van der Waals surface area (Å²) < 4.78 is 0. The summed E-state index contributed by atoms with van der Waals surface area (Å²) in [6.45, 7) is 3.31. The van der Waals surface area contributed by atoms with E-state index in [4.69, 9.17) is 5.11 Å². The van der Waals surface area contributed by atoms with Crippen LogP contribution >= 0.6 is 0 Å². The maximum absolute atomic E-state index is 8.14. The second-order valence-corrected chi connectivity index (χ2v) is 1.69. The number of aliphatic hydroxyl groups excluding tert-OH is 1. The Bertz CT molecular complexity index is 76.1. The predicted octanol–water partition coefficient (Wildman–Crippen LogP) is 0.374. The largest absolute Gasteiger partial charge is 0.516 e. The fourth-order valence-corrected chi connectivity index (χ4v) is 0.449. The lowest BCUT2D eigenvalue weighted by Crippen LogP contribution is -1.92. The summed E-state index contributed by atoms with van der Waals surface area (Å²) in [7, 11) is 0. The SMILES string of the molecule is OC=CCN1CC1. The number of aliphatic hydroxyl groups is 1. The molecule has 1 aliphatic rings. The summed E-state index contributed by atoms with van der Waals surface area (Å²) >= 11 is 0. The Labute approximate surface area is 43.1 Å². The molecule has 1 heterocycles. The van der Waals surface area contributed by atoms with Crippen molar-refractivity contribution >= 4 is 0 Å². The lowest BCUT2D eigenvalue weighted by Gasteiger charge is -1.86. The molecule has 0 aromatic rings. The van der Waals surface area contributed by atoms with Gasteiger partial charge in [-0.15, -0.1) is 0 Å². The van der Waals surface area contributed by atoms with Crippen LogP contribution in [0, 0.1) is 0 Å². The van der Waals surface area contributed by atoms with Crippen LogP contribution in [0.15, 0.2) is 12.3 Å². The van der Waals surface area contributed by atoms with Gasteiger partial charge in [0.2, 0.25) is 0 Å². The third kappa shape index (κ3) is 1.59. The minimum Gasteiger partial charge on any atom is -0.516 e. The molecule has 1 aliphatic heterocycles. The van der Waals surface area contributed by atoms with Gasteiger partial charge in [-0.3, -0.25) is 4.90 Å². The fraction of sp³-hybridized carbons (Fsp3) is 0.600. The third-order valence-corrected chi connectivity index (χ3v) is 1.01. The van der Waals surface area contributed by atoms with Crippen LogP contribution in [0.3, 0.4) is 0 Å². The zero-order valence-corrected chi connectivity index (χ0v) is 4.17. The Kier molecular flexibility index (Phi) is 1.32. The first-order valence-electron chi connectivity index (χ1n) is 2.45. The van der Waals surface area contributed by atoms with Crippen molar-refractivity contribution in [3.8, 4) is 0 Å². The van der Waals surface area contributed by atoms with Gasteiger partial charge in [0, 0.05) is 19.6 Å². The molecule has 1 rings (SSSR count). The number of hydrogen-bond donors (Lipinski definition) is 1. The van der Waals surface area contributed by atoms with E-state index in [1.165, 1.54) is 13.1 Å². The van der Waals surface area contributed by atoms with Gasteiger partial charge >= 0.3 is 0 Å². The fourth-order valence-electron chi connectivity index (χ4n) is 0.449. The lowest BCUT2D eigenvalue weighted by atomic mass is 10.6. The Morgan fingerprint density at radius 2 is 2.29 bits per heavy atom. The molecule has 1 fully saturated rings. The summed E-state index contributed by atoms with van der Waals surface area (Å²) in [6, 6.07) is 0. The molecule has 0 radical (unpaired) electrons. The van der Waals surface area contributed by atoms with E-state index in [1.54, 1.807) is 6.08 Å². The van der Waals surface area contributed by atoms with Crippen molar-refractivity contribution in [3.05, 3.63) is 12.3 Å². The highest BCUT2D eigenvalue weighted by atomic mass is 16.2. The van der Waals surface area contributed by atoms with Crippen LogP contribution < -0.4 is 0 Å². The average Bonchev–Trinajstić information content (AvgIpc) is 2.42. The average molecular weight is 99.1 g/mol. The van der Waals surface area contributed by atoms with Crippen molar-refractivity contribution in [3.63, 3.8) is 0 Å². The molecule has 0 spiro atoms. The minimum absolute atomic E-state index is 0.913. The molecule has 0 saturated carbocycles. The molecular formula is C5H9NO. The molecule has 1 saturated heterocycles. The Balaban J connectivity index is 1.98. The molecule has 1 N–H and O–H groups in total. The van der Waals surface area contributed by atoms with Gasteiger partial charge < -0.3 is 5.11 Å². The van der Waals surface area contributed by atoms with Gasteiger partial charge in [-0.1, -0.05) is 0 Å². The van der Waals surface area contributed by atoms with Crippen LogP contribution in [-0.4, -0.2) is 29.6 Å². The maximum Gasteiger partial charge on any atom is 0.0764 e. The van der Waals surface area contributed by atoms with Crippen LogP contribution in [-0.2, 0) is 0 Å². The Morgan fingerprint density at radius 1 is 1.57 bits per heavy atom. The van der Waals surface area contributed by atoms with Crippen molar-refractivity contribution in [2.75, 3.05) is 19.6 Å². The Morgan fingerprint density at radius 3 is 2.71 bits per heavy atom. The van der Waals surface area contributed by atoms with Gasteiger partial charge in [-0.05, 0) is 6.08 Å². The van der Waals surface area contributed by atoms with E-state index in [0.29, 0.717) is 0 Å². The van der Waals surface area contributed by atoms with Crippen molar-refractivity contribution in [1.82, 2.24) is 4.90 Å². The van der Waals surface area contributed by atoms with E-state index in [1.807, 2.05) is 0 Å². The summed E-state index contributed by atoms with van der Waals surface area (Å²) in [5, 5.41) is 8.14. The van der Waals surface area contributed by atoms with E-state index in [2.05, 4.69) is 4.90 Å². The molecule has 0 unspecified atom stereocenters. The van der Waals surface area contributed by atoms with Crippen LogP contribution in [0.25, 0.3) is 0 Å². The predicted molar refractivity (Wildman–Crippen MR) is 28.2 cm³/mol. The molecule has 2 heteroatoms. The van der Waals surface area contributed by atoms with Crippen LogP contribution in [0.2, 0.25) is 0 Å². The van der Waals surface area contributed by atoms with Gasteiger partial charge in [0.05, 0.1) is 6.26 Å². The molecule has 0 aromatic carbocycles. The highest BCUT2D eigenvalue weighted by Crippen LogP contribution is 2.00. The van der Waals surface area contributed by atoms with Crippen molar-refractivity contribution in [2.24, 2.45) is 0 Å². The maximum atomic E-state index is 8.14. The normalized spacial score (nSPS) is 21.1. The van der Waals surface area contributed by atoms with Gasteiger partial charge in [-0.2, -0.15) is 0 Å². The smallest absolute Gasteiger partial charge is 0.0764 e. The minimum atomic E-state index is 0.913. The van der Waals surface area contributed by atoms with Crippen LogP contribution in [0.5, 0.6) is 0 Å².